The quantitative estimate of drug-likeness (QED) is 0.464. The molecule has 0 aliphatic carbocycles. The first-order chi connectivity index (χ1) is 7.63. The maximum absolute atomic E-state index is 11.5. The van der Waals surface area contributed by atoms with E-state index in [1.54, 1.807) is 6.07 Å². The first-order valence-corrected chi connectivity index (χ1v) is 5.68. The second-order valence-corrected chi connectivity index (χ2v) is 4.55. The lowest BCUT2D eigenvalue weighted by atomic mass is 10.2. The third-order valence-electron chi connectivity index (χ3n) is 2.25. The van der Waals surface area contributed by atoms with Crippen LogP contribution in [0.4, 0.5) is 5.82 Å². The van der Waals surface area contributed by atoms with E-state index in [0.29, 0.717) is 6.29 Å². The summed E-state index contributed by atoms with van der Waals surface area (Å²) >= 11 is 2.01. The number of hydrogen-bond donors (Lipinski definition) is 0. The van der Waals surface area contributed by atoms with Gasteiger partial charge in [-0.05, 0) is 28.7 Å². The Bertz CT molecular complexity index is 471. The van der Waals surface area contributed by atoms with E-state index in [0.717, 1.165) is 8.47 Å². The monoisotopic (exact) mass is 330 g/mol. The molecule has 1 aliphatic rings. The van der Waals surface area contributed by atoms with Gasteiger partial charge in [-0.15, -0.1) is 0 Å². The molecule has 0 aromatic carbocycles. The molecule has 0 spiro atoms. The molecule has 0 bridgehead atoms. The van der Waals surface area contributed by atoms with Crippen LogP contribution in [0.1, 0.15) is 23.2 Å². The van der Waals surface area contributed by atoms with Crippen LogP contribution in [0.25, 0.3) is 0 Å². The van der Waals surface area contributed by atoms with Crippen LogP contribution in [0, 0.1) is 3.57 Å². The average Bonchev–Trinajstić information content (AvgIpc) is 2.59. The molecule has 0 saturated carbocycles. The fourth-order valence-electron chi connectivity index (χ4n) is 1.53. The van der Waals surface area contributed by atoms with Crippen molar-refractivity contribution in [2.75, 3.05) is 4.90 Å². The third kappa shape index (κ3) is 1.84. The molecule has 1 saturated heterocycles. The maximum Gasteiger partial charge on any atom is 0.235 e. The minimum absolute atomic E-state index is 0.142. The molecule has 2 rings (SSSR count). The summed E-state index contributed by atoms with van der Waals surface area (Å²) in [5.41, 5.74) is 0.260. The van der Waals surface area contributed by atoms with Gasteiger partial charge in [0.1, 0.15) is 0 Å². The average molecular weight is 330 g/mol. The van der Waals surface area contributed by atoms with Crippen LogP contribution < -0.4 is 4.90 Å². The highest BCUT2D eigenvalue weighted by Gasteiger charge is 2.32. The van der Waals surface area contributed by atoms with Crippen molar-refractivity contribution in [2.45, 2.75) is 12.8 Å². The van der Waals surface area contributed by atoms with Crippen molar-refractivity contribution in [1.82, 2.24) is 4.98 Å². The van der Waals surface area contributed by atoms with E-state index in [9.17, 15) is 14.4 Å². The van der Waals surface area contributed by atoms with Gasteiger partial charge in [0.05, 0.1) is 5.56 Å². The standard InChI is InChI=1S/C10H7IN2O3/c11-7-3-6(5-14)10(12-4-7)13-8(15)1-2-9(13)16/h3-5H,1-2H2. The Labute approximate surface area is 105 Å². The lowest BCUT2D eigenvalue weighted by Crippen LogP contribution is -2.30. The summed E-state index contributed by atoms with van der Waals surface area (Å²) in [5.74, 6) is -0.466. The van der Waals surface area contributed by atoms with Crippen molar-refractivity contribution in [3.8, 4) is 0 Å². The van der Waals surface area contributed by atoms with Crippen LogP contribution >= 0.6 is 22.6 Å². The highest BCUT2D eigenvalue weighted by Crippen LogP contribution is 2.24. The number of aldehydes is 1. The van der Waals surface area contributed by atoms with E-state index in [-0.39, 0.29) is 36.0 Å². The van der Waals surface area contributed by atoms with Crippen LogP contribution in [-0.4, -0.2) is 23.1 Å². The topological polar surface area (TPSA) is 67.3 Å². The van der Waals surface area contributed by atoms with E-state index in [1.807, 2.05) is 22.6 Å². The maximum atomic E-state index is 11.5. The molecule has 5 nitrogen and oxygen atoms in total. The molecule has 0 atom stereocenters. The Morgan fingerprint density at radius 1 is 1.31 bits per heavy atom. The van der Waals surface area contributed by atoms with Crippen molar-refractivity contribution in [3.05, 3.63) is 21.4 Å². The molecule has 0 unspecified atom stereocenters. The van der Waals surface area contributed by atoms with Gasteiger partial charge in [-0.3, -0.25) is 14.4 Å². The first kappa shape index (κ1) is 11.2. The first-order valence-electron chi connectivity index (χ1n) is 4.60. The Balaban J connectivity index is 2.51. The number of amides is 2. The molecule has 0 radical (unpaired) electrons. The van der Waals surface area contributed by atoms with Crippen molar-refractivity contribution in [3.63, 3.8) is 0 Å². The number of rotatable bonds is 2. The van der Waals surface area contributed by atoms with Crippen LogP contribution in [0.2, 0.25) is 0 Å². The van der Waals surface area contributed by atoms with Gasteiger partial charge < -0.3 is 0 Å². The van der Waals surface area contributed by atoms with Crippen molar-refractivity contribution < 1.29 is 14.4 Å². The van der Waals surface area contributed by atoms with E-state index in [4.69, 9.17) is 0 Å². The Kier molecular flexibility index (Phi) is 2.99. The van der Waals surface area contributed by atoms with Crippen molar-refractivity contribution in [1.29, 1.82) is 0 Å². The van der Waals surface area contributed by atoms with Gasteiger partial charge in [0.25, 0.3) is 0 Å². The van der Waals surface area contributed by atoms with Gasteiger partial charge in [0, 0.05) is 22.6 Å². The second kappa shape index (κ2) is 4.28. The summed E-state index contributed by atoms with van der Waals surface area (Å²) < 4.78 is 0.780. The fraction of sp³-hybridized carbons (Fsp3) is 0.200. The second-order valence-electron chi connectivity index (χ2n) is 3.31. The molecule has 1 aromatic heterocycles. The predicted octanol–water partition coefficient (Wildman–Crippen LogP) is 1.15. The summed E-state index contributed by atoms with van der Waals surface area (Å²) in [6, 6.07) is 1.59. The van der Waals surface area contributed by atoms with Crippen LogP contribution in [0.15, 0.2) is 12.3 Å². The molecule has 6 heteroatoms. The van der Waals surface area contributed by atoms with Crippen LogP contribution in [0.5, 0.6) is 0 Å². The lowest BCUT2D eigenvalue weighted by Gasteiger charge is -2.14. The highest BCUT2D eigenvalue weighted by atomic mass is 127. The zero-order valence-corrected chi connectivity index (χ0v) is 10.3. The Morgan fingerprint density at radius 3 is 2.50 bits per heavy atom. The Morgan fingerprint density at radius 2 is 1.94 bits per heavy atom. The van der Waals surface area contributed by atoms with Gasteiger partial charge in [-0.25, -0.2) is 9.88 Å². The summed E-state index contributed by atoms with van der Waals surface area (Å²) in [6.07, 6.45) is 2.49. The van der Waals surface area contributed by atoms with E-state index in [2.05, 4.69) is 4.98 Å². The van der Waals surface area contributed by atoms with Gasteiger partial charge in [0.2, 0.25) is 11.8 Å². The van der Waals surface area contributed by atoms with Crippen molar-refractivity contribution in [2.24, 2.45) is 0 Å². The zero-order chi connectivity index (χ0) is 11.7. The van der Waals surface area contributed by atoms with E-state index in [1.165, 1.54) is 6.20 Å². The normalized spacial score (nSPS) is 15.7. The summed E-state index contributed by atoms with van der Waals surface area (Å²) in [5, 5.41) is 0. The summed E-state index contributed by atoms with van der Waals surface area (Å²) in [4.78, 5) is 38.8. The van der Waals surface area contributed by atoms with E-state index >= 15 is 0 Å². The van der Waals surface area contributed by atoms with Gasteiger partial charge in [-0.1, -0.05) is 0 Å². The van der Waals surface area contributed by atoms with Crippen LogP contribution in [-0.2, 0) is 9.59 Å². The smallest absolute Gasteiger partial charge is 0.235 e. The minimum atomic E-state index is -0.304. The van der Waals surface area contributed by atoms with Gasteiger partial charge in [-0.2, -0.15) is 0 Å². The number of hydrogen-bond acceptors (Lipinski definition) is 4. The number of aromatic nitrogens is 1. The number of carbonyl (C=O) groups is 3. The molecule has 2 amide bonds. The number of halogens is 1. The predicted molar refractivity (Wildman–Crippen MR) is 64.1 cm³/mol. The SMILES string of the molecule is O=Cc1cc(I)cnc1N1C(=O)CCC1=O. The molecule has 0 N–H and O–H groups in total. The van der Waals surface area contributed by atoms with Gasteiger partial charge >= 0.3 is 0 Å². The Hall–Kier alpha value is -1.31. The molecule has 1 fully saturated rings. The molecular weight excluding hydrogens is 323 g/mol. The fourth-order valence-corrected chi connectivity index (χ4v) is 2.01. The third-order valence-corrected chi connectivity index (χ3v) is 2.84. The number of pyridine rings is 1. The number of carbonyl (C=O) groups excluding carboxylic acids is 3. The highest BCUT2D eigenvalue weighted by molar-refractivity contribution is 14.1. The molecule has 16 heavy (non-hydrogen) atoms. The summed E-state index contributed by atoms with van der Waals surface area (Å²) in [6.45, 7) is 0. The van der Waals surface area contributed by atoms with Crippen molar-refractivity contribution >= 4 is 46.5 Å². The molecular formula is C10H7IN2O3. The lowest BCUT2D eigenvalue weighted by molar-refractivity contribution is -0.121. The largest absolute Gasteiger partial charge is 0.298 e. The number of nitrogens with zero attached hydrogens (tertiary/aromatic N) is 2. The minimum Gasteiger partial charge on any atom is -0.298 e. The number of imide groups is 1. The number of anilines is 1. The summed E-state index contributed by atoms with van der Waals surface area (Å²) in [7, 11) is 0. The van der Waals surface area contributed by atoms with E-state index < -0.39 is 0 Å². The molecule has 82 valence electrons. The molecule has 1 aromatic rings. The van der Waals surface area contributed by atoms with Gasteiger partial charge in [0.15, 0.2) is 12.1 Å². The molecule has 1 aliphatic heterocycles. The molecule has 2 heterocycles. The van der Waals surface area contributed by atoms with Crippen LogP contribution in [0.3, 0.4) is 0 Å². The zero-order valence-electron chi connectivity index (χ0n) is 8.14.